The van der Waals surface area contributed by atoms with Crippen molar-refractivity contribution >= 4 is 77.0 Å². The molecule has 39 heavy (non-hydrogen) atoms. The number of benzene rings is 5. The zero-order chi connectivity index (χ0) is 25.0. The van der Waals surface area contributed by atoms with Crippen LogP contribution in [0.5, 0.6) is 0 Å². The Kier molecular flexibility index (Phi) is 3.02. The molecule has 11 rings (SSSR count). The molecule has 9 aromatic rings. The third-order valence-corrected chi connectivity index (χ3v) is 9.54. The Hall–Kier alpha value is -5.02. The van der Waals surface area contributed by atoms with Gasteiger partial charge in [-0.3, -0.25) is 0 Å². The van der Waals surface area contributed by atoms with Gasteiger partial charge in [0.05, 0.1) is 33.1 Å². The van der Waals surface area contributed by atoms with Crippen molar-refractivity contribution in [2.24, 2.45) is 0 Å². The minimum Gasteiger partial charge on any atom is -0.455 e. The first-order valence-corrected chi connectivity index (χ1v) is 13.7. The molecular formula is C36H20N2O. The molecule has 0 spiro atoms. The van der Waals surface area contributed by atoms with Gasteiger partial charge in [0.2, 0.25) is 0 Å². The number of hydrogen-bond donors (Lipinski definition) is 0. The molecule has 2 aliphatic rings. The molecule has 0 N–H and O–H groups in total. The van der Waals surface area contributed by atoms with Gasteiger partial charge in [-0.15, -0.1) is 0 Å². The van der Waals surface area contributed by atoms with Crippen LogP contribution in [0.2, 0.25) is 0 Å². The Labute approximate surface area is 222 Å². The summed E-state index contributed by atoms with van der Waals surface area (Å²) >= 11 is 0. The second-order valence-electron chi connectivity index (χ2n) is 11.2. The standard InChI is InChI=1S/C36H20N2O/c1-3-13-27-19(7-1)21-9-5-11-25-31-29(37(27)33(21)25)17-15-23-24-16-18-30-32(36(24)39-35(23)31)26-12-6-10-22-20-8-2-4-14-28(20)38(30)34(22)26/h1-11,13-18,26H,12H2. The lowest BCUT2D eigenvalue weighted by Gasteiger charge is -2.15. The van der Waals surface area contributed by atoms with Crippen LogP contribution in [0.1, 0.15) is 29.2 Å². The van der Waals surface area contributed by atoms with Crippen LogP contribution in [0.15, 0.2) is 101 Å². The molecule has 1 aliphatic heterocycles. The minimum atomic E-state index is 0.311. The summed E-state index contributed by atoms with van der Waals surface area (Å²) in [5.74, 6) is 0.311. The predicted octanol–water partition coefficient (Wildman–Crippen LogP) is 9.54. The largest absolute Gasteiger partial charge is 0.455 e. The van der Waals surface area contributed by atoms with E-state index in [1.54, 1.807) is 0 Å². The maximum Gasteiger partial charge on any atom is 0.145 e. The highest BCUT2D eigenvalue weighted by Gasteiger charge is 2.37. The highest BCUT2D eigenvalue weighted by Crippen LogP contribution is 2.53. The lowest BCUT2D eigenvalue weighted by atomic mass is 9.87. The van der Waals surface area contributed by atoms with Gasteiger partial charge in [-0.25, -0.2) is 0 Å². The Balaban J connectivity index is 1.31. The number of fused-ring (bicyclic) bond motifs is 17. The maximum atomic E-state index is 7.04. The van der Waals surface area contributed by atoms with Crippen molar-refractivity contribution in [3.63, 3.8) is 0 Å². The quantitative estimate of drug-likeness (QED) is 0.205. The van der Waals surface area contributed by atoms with Gasteiger partial charge < -0.3 is 13.4 Å². The fraction of sp³-hybridized carbons (Fsp3) is 0.0556. The van der Waals surface area contributed by atoms with Crippen LogP contribution < -0.4 is 0 Å². The first-order chi connectivity index (χ1) is 19.4. The van der Waals surface area contributed by atoms with Crippen LogP contribution in [0.4, 0.5) is 0 Å². The number of para-hydroxylation sites is 3. The Morgan fingerprint density at radius 1 is 0.615 bits per heavy atom. The number of allylic oxidation sites excluding steroid dienone is 1. The van der Waals surface area contributed by atoms with E-state index in [2.05, 4.69) is 112 Å². The number of furan rings is 1. The van der Waals surface area contributed by atoms with Crippen LogP contribution >= 0.6 is 0 Å². The lowest BCUT2D eigenvalue weighted by molar-refractivity contribution is 0.661. The van der Waals surface area contributed by atoms with Crippen molar-refractivity contribution in [2.75, 3.05) is 0 Å². The topological polar surface area (TPSA) is 22.5 Å². The van der Waals surface area contributed by atoms with Crippen molar-refractivity contribution in [1.82, 2.24) is 8.97 Å². The van der Waals surface area contributed by atoms with Gasteiger partial charge in [0, 0.05) is 55.1 Å². The van der Waals surface area contributed by atoms with Crippen LogP contribution in [0, 0.1) is 0 Å². The van der Waals surface area contributed by atoms with E-state index in [-0.39, 0.29) is 0 Å². The molecule has 1 atom stereocenters. The predicted molar refractivity (Wildman–Crippen MR) is 161 cm³/mol. The van der Waals surface area contributed by atoms with Gasteiger partial charge in [0.25, 0.3) is 0 Å². The van der Waals surface area contributed by atoms with E-state index in [4.69, 9.17) is 4.42 Å². The number of nitrogens with zero attached hydrogens (tertiary/aromatic N) is 2. The average Bonchev–Trinajstić information content (AvgIpc) is 3.77. The molecule has 3 heteroatoms. The summed E-state index contributed by atoms with van der Waals surface area (Å²) in [7, 11) is 0. The zero-order valence-corrected chi connectivity index (χ0v) is 20.9. The molecule has 1 unspecified atom stereocenters. The van der Waals surface area contributed by atoms with E-state index in [9.17, 15) is 0 Å². The second kappa shape index (κ2) is 6.16. The summed E-state index contributed by atoms with van der Waals surface area (Å²) in [6.07, 6.45) is 5.66. The molecule has 0 fully saturated rings. The van der Waals surface area contributed by atoms with Crippen molar-refractivity contribution in [2.45, 2.75) is 12.3 Å². The lowest BCUT2D eigenvalue weighted by Crippen LogP contribution is -2.01. The van der Waals surface area contributed by atoms with E-state index >= 15 is 0 Å². The summed E-state index contributed by atoms with van der Waals surface area (Å²) < 4.78 is 12.0. The molecule has 0 saturated carbocycles. The molecule has 0 saturated heterocycles. The third-order valence-electron chi connectivity index (χ3n) is 9.54. The van der Waals surface area contributed by atoms with Gasteiger partial charge in [0.1, 0.15) is 11.2 Å². The molecular weight excluding hydrogens is 476 g/mol. The van der Waals surface area contributed by atoms with E-state index in [1.165, 1.54) is 82.3 Å². The molecule has 0 radical (unpaired) electrons. The highest BCUT2D eigenvalue weighted by molar-refractivity contribution is 6.29. The molecule has 1 aliphatic carbocycles. The second-order valence-corrected chi connectivity index (χ2v) is 11.2. The number of hydrogen-bond acceptors (Lipinski definition) is 1. The number of rotatable bonds is 0. The molecule has 180 valence electrons. The molecule has 0 bridgehead atoms. The van der Waals surface area contributed by atoms with E-state index in [0.29, 0.717) is 5.92 Å². The summed E-state index contributed by atoms with van der Waals surface area (Å²) in [6, 6.07) is 33.4. The molecule has 5 heterocycles. The van der Waals surface area contributed by atoms with Crippen molar-refractivity contribution in [3.05, 3.63) is 114 Å². The fourth-order valence-corrected chi connectivity index (χ4v) is 8.10. The van der Waals surface area contributed by atoms with Crippen LogP contribution in [-0.4, -0.2) is 8.97 Å². The van der Waals surface area contributed by atoms with E-state index < -0.39 is 0 Å². The fourth-order valence-electron chi connectivity index (χ4n) is 8.10. The van der Waals surface area contributed by atoms with Gasteiger partial charge >= 0.3 is 0 Å². The maximum absolute atomic E-state index is 7.04. The molecule has 3 nitrogen and oxygen atoms in total. The summed E-state index contributed by atoms with van der Waals surface area (Å²) in [5, 5.41) is 8.84. The smallest absolute Gasteiger partial charge is 0.145 e. The van der Waals surface area contributed by atoms with Gasteiger partial charge in [0.15, 0.2) is 0 Å². The zero-order valence-electron chi connectivity index (χ0n) is 20.9. The highest BCUT2D eigenvalue weighted by atomic mass is 16.3. The summed E-state index contributed by atoms with van der Waals surface area (Å²) in [5.41, 5.74) is 12.5. The third kappa shape index (κ3) is 1.96. The monoisotopic (exact) mass is 496 g/mol. The van der Waals surface area contributed by atoms with Gasteiger partial charge in [-0.1, -0.05) is 66.7 Å². The SMILES string of the molecule is C1=Cc2c3n(c4ccccc24)-c2ccc4c(oc5c4ccc4c5c5cccc6c7ccccc7n4c65)c2C3C1. The van der Waals surface area contributed by atoms with E-state index in [1.807, 2.05) is 0 Å². The van der Waals surface area contributed by atoms with Gasteiger partial charge in [-0.2, -0.15) is 0 Å². The van der Waals surface area contributed by atoms with Crippen LogP contribution in [0.3, 0.4) is 0 Å². The Morgan fingerprint density at radius 3 is 2.33 bits per heavy atom. The van der Waals surface area contributed by atoms with Gasteiger partial charge in [-0.05, 0) is 42.8 Å². The normalized spacial score (nSPS) is 16.3. The Bertz CT molecular complexity index is 2590. The van der Waals surface area contributed by atoms with Crippen LogP contribution in [0.25, 0.3) is 82.7 Å². The van der Waals surface area contributed by atoms with Crippen LogP contribution in [-0.2, 0) is 0 Å². The summed E-state index contributed by atoms with van der Waals surface area (Å²) in [6.45, 7) is 0. The number of aromatic nitrogens is 2. The van der Waals surface area contributed by atoms with Crippen molar-refractivity contribution in [1.29, 1.82) is 0 Å². The first kappa shape index (κ1) is 19.1. The molecule has 5 aromatic carbocycles. The summed E-state index contributed by atoms with van der Waals surface area (Å²) in [4.78, 5) is 0. The van der Waals surface area contributed by atoms with Crippen molar-refractivity contribution in [3.8, 4) is 5.69 Å². The minimum absolute atomic E-state index is 0.311. The Morgan fingerprint density at radius 2 is 1.38 bits per heavy atom. The first-order valence-electron chi connectivity index (χ1n) is 13.7. The van der Waals surface area contributed by atoms with E-state index in [0.717, 1.165) is 17.6 Å². The van der Waals surface area contributed by atoms with Crippen molar-refractivity contribution < 1.29 is 4.42 Å². The average molecular weight is 497 g/mol. The molecule has 4 aromatic heterocycles. The molecule has 0 amide bonds.